The molecule has 1 unspecified atom stereocenters. The molecule has 0 bridgehead atoms. The second-order valence-electron chi connectivity index (χ2n) is 6.64. The van der Waals surface area contributed by atoms with Crippen LogP contribution < -0.4 is 5.32 Å². The summed E-state index contributed by atoms with van der Waals surface area (Å²) >= 11 is 0. The minimum Gasteiger partial charge on any atom is -0.381 e. The predicted molar refractivity (Wildman–Crippen MR) is 82.2 cm³/mol. The zero-order valence-electron chi connectivity index (χ0n) is 13.2. The molecule has 0 spiro atoms. The van der Waals surface area contributed by atoms with Crippen molar-refractivity contribution in [1.29, 1.82) is 0 Å². The summed E-state index contributed by atoms with van der Waals surface area (Å²) in [5.41, 5.74) is 0. The van der Waals surface area contributed by atoms with E-state index in [1.54, 1.807) is 0 Å². The van der Waals surface area contributed by atoms with Crippen molar-refractivity contribution in [1.82, 2.24) is 15.1 Å². The minimum atomic E-state index is 0.146. The van der Waals surface area contributed by atoms with Crippen LogP contribution >= 0.6 is 0 Å². The first-order chi connectivity index (χ1) is 10.3. The van der Waals surface area contributed by atoms with E-state index >= 15 is 0 Å². The van der Waals surface area contributed by atoms with Crippen LogP contribution in [-0.2, 0) is 9.53 Å². The van der Waals surface area contributed by atoms with Crippen molar-refractivity contribution in [3.63, 3.8) is 0 Å². The maximum atomic E-state index is 12.8. The van der Waals surface area contributed by atoms with Crippen LogP contribution in [0.1, 0.15) is 38.5 Å². The highest BCUT2D eigenvalue weighted by Gasteiger charge is 2.38. The third-order valence-electron chi connectivity index (χ3n) is 5.45. The predicted octanol–water partition coefficient (Wildman–Crippen LogP) is 0.840. The van der Waals surface area contributed by atoms with Crippen molar-refractivity contribution >= 4 is 5.91 Å². The Morgan fingerprint density at radius 2 is 1.76 bits per heavy atom. The number of hydrogen-bond acceptors (Lipinski definition) is 4. The van der Waals surface area contributed by atoms with Gasteiger partial charge >= 0.3 is 0 Å². The van der Waals surface area contributed by atoms with Gasteiger partial charge in [0.2, 0.25) is 5.91 Å². The van der Waals surface area contributed by atoms with Crippen LogP contribution in [0.15, 0.2) is 0 Å². The van der Waals surface area contributed by atoms with Gasteiger partial charge in [-0.25, -0.2) is 0 Å². The van der Waals surface area contributed by atoms with Crippen molar-refractivity contribution < 1.29 is 9.53 Å². The highest BCUT2D eigenvalue weighted by Crippen LogP contribution is 2.31. The monoisotopic (exact) mass is 295 g/mol. The molecule has 2 aliphatic heterocycles. The number of ether oxygens (including phenoxy) is 1. The summed E-state index contributed by atoms with van der Waals surface area (Å²) in [4.78, 5) is 17.4. The number of hydrogen-bond donors (Lipinski definition) is 1. The first kappa shape index (κ1) is 15.3. The van der Waals surface area contributed by atoms with Crippen molar-refractivity contribution in [2.24, 2.45) is 0 Å². The summed E-state index contributed by atoms with van der Waals surface area (Å²) in [6, 6.07) is 0.739. The quantitative estimate of drug-likeness (QED) is 0.838. The Kier molecular flexibility index (Phi) is 5.14. The van der Waals surface area contributed by atoms with E-state index in [2.05, 4.69) is 15.1 Å². The van der Waals surface area contributed by atoms with E-state index < -0.39 is 0 Å². The van der Waals surface area contributed by atoms with Gasteiger partial charge in [-0.05, 0) is 45.1 Å². The lowest BCUT2D eigenvalue weighted by Crippen LogP contribution is -2.54. The molecule has 3 aliphatic rings. The van der Waals surface area contributed by atoms with Crippen LogP contribution in [-0.4, -0.2) is 73.7 Å². The van der Waals surface area contributed by atoms with Gasteiger partial charge in [0.05, 0.1) is 12.1 Å². The lowest BCUT2D eigenvalue weighted by Gasteiger charge is -2.39. The smallest absolute Gasteiger partial charge is 0.240 e. The lowest BCUT2D eigenvalue weighted by molar-refractivity contribution is -0.137. The van der Waals surface area contributed by atoms with Crippen LogP contribution in [0.5, 0.6) is 0 Å². The minimum absolute atomic E-state index is 0.146. The fourth-order valence-corrected chi connectivity index (χ4v) is 4.20. The zero-order valence-corrected chi connectivity index (χ0v) is 13.2. The van der Waals surface area contributed by atoms with Crippen molar-refractivity contribution in [3.05, 3.63) is 0 Å². The second-order valence-corrected chi connectivity index (χ2v) is 6.64. The molecular weight excluding hydrogens is 266 g/mol. The molecule has 120 valence electrons. The third-order valence-corrected chi connectivity index (χ3v) is 5.45. The van der Waals surface area contributed by atoms with E-state index in [0.29, 0.717) is 18.1 Å². The fraction of sp³-hybridized carbons (Fsp3) is 0.938. The number of carbonyl (C=O) groups is 1. The number of nitrogens with zero attached hydrogens (tertiary/aromatic N) is 2. The van der Waals surface area contributed by atoms with Gasteiger partial charge in [-0.1, -0.05) is 0 Å². The molecule has 2 saturated heterocycles. The number of nitrogens with one attached hydrogen (secondary N) is 1. The SMILES string of the molecule is COC1CCC(N2CCCC2C(=O)N2CCNCC2)CC1. The first-order valence-electron chi connectivity index (χ1n) is 8.57. The van der Waals surface area contributed by atoms with E-state index in [-0.39, 0.29) is 6.04 Å². The Balaban J connectivity index is 1.58. The molecule has 0 aromatic rings. The number of amides is 1. The molecule has 3 rings (SSSR count). The molecule has 21 heavy (non-hydrogen) atoms. The van der Waals surface area contributed by atoms with Crippen LogP contribution in [0.3, 0.4) is 0 Å². The molecule has 1 amide bonds. The van der Waals surface area contributed by atoms with Crippen LogP contribution in [0.2, 0.25) is 0 Å². The van der Waals surface area contributed by atoms with Crippen molar-refractivity contribution in [2.45, 2.75) is 56.7 Å². The highest BCUT2D eigenvalue weighted by molar-refractivity contribution is 5.82. The fourth-order valence-electron chi connectivity index (χ4n) is 4.20. The normalized spacial score (nSPS) is 35.1. The second kappa shape index (κ2) is 7.07. The Bertz CT molecular complexity index is 349. The van der Waals surface area contributed by atoms with Gasteiger partial charge in [0.1, 0.15) is 0 Å². The molecule has 0 aromatic carbocycles. The Labute approximate surface area is 128 Å². The zero-order chi connectivity index (χ0) is 14.7. The third kappa shape index (κ3) is 3.41. The summed E-state index contributed by atoms with van der Waals surface area (Å²) in [5, 5.41) is 3.32. The number of rotatable bonds is 3. The van der Waals surface area contributed by atoms with Crippen molar-refractivity contribution in [2.75, 3.05) is 39.8 Å². The van der Waals surface area contributed by atoms with Gasteiger partial charge in [-0.3, -0.25) is 9.69 Å². The molecule has 1 aliphatic carbocycles. The first-order valence-corrected chi connectivity index (χ1v) is 8.57. The van der Waals surface area contributed by atoms with Gasteiger partial charge in [-0.2, -0.15) is 0 Å². The molecule has 1 N–H and O–H groups in total. The van der Waals surface area contributed by atoms with E-state index in [1.165, 1.54) is 19.3 Å². The highest BCUT2D eigenvalue weighted by atomic mass is 16.5. The largest absolute Gasteiger partial charge is 0.381 e. The van der Waals surface area contributed by atoms with E-state index in [0.717, 1.165) is 52.0 Å². The molecule has 5 heteroatoms. The van der Waals surface area contributed by atoms with E-state index in [9.17, 15) is 4.79 Å². The van der Waals surface area contributed by atoms with Crippen LogP contribution in [0.4, 0.5) is 0 Å². The van der Waals surface area contributed by atoms with Crippen LogP contribution in [0.25, 0.3) is 0 Å². The molecule has 1 saturated carbocycles. The van der Waals surface area contributed by atoms with E-state index in [1.807, 2.05) is 7.11 Å². The maximum absolute atomic E-state index is 12.8. The van der Waals surface area contributed by atoms with Gasteiger partial charge in [0.15, 0.2) is 0 Å². The van der Waals surface area contributed by atoms with Gasteiger partial charge < -0.3 is 15.0 Å². The molecule has 5 nitrogen and oxygen atoms in total. The Morgan fingerprint density at radius 3 is 2.43 bits per heavy atom. The number of piperazine rings is 1. The topological polar surface area (TPSA) is 44.8 Å². The average Bonchev–Trinajstić information content (AvgIpc) is 3.04. The molecule has 3 fully saturated rings. The van der Waals surface area contributed by atoms with Gasteiger partial charge in [0.25, 0.3) is 0 Å². The summed E-state index contributed by atoms with van der Waals surface area (Å²) in [5.74, 6) is 0.378. The lowest BCUT2D eigenvalue weighted by atomic mass is 9.91. The molecule has 2 heterocycles. The number of carbonyl (C=O) groups excluding carboxylic acids is 1. The van der Waals surface area contributed by atoms with Gasteiger partial charge in [0, 0.05) is 39.3 Å². The van der Waals surface area contributed by atoms with Gasteiger partial charge in [-0.15, -0.1) is 0 Å². The summed E-state index contributed by atoms with van der Waals surface area (Å²) in [6.07, 6.45) is 7.32. The summed E-state index contributed by atoms with van der Waals surface area (Å²) in [6.45, 7) is 4.73. The van der Waals surface area contributed by atoms with Crippen LogP contribution in [0, 0.1) is 0 Å². The molecular formula is C16H29N3O2. The maximum Gasteiger partial charge on any atom is 0.240 e. The Morgan fingerprint density at radius 1 is 1.05 bits per heavy atom. The molecule has 0 aromatic heterocycles. The average molecular weight is 295 g/mol. The molecule has 1 atom stereocenters. The summed E-state index contributed by atoms with van der Waals surface area (Å²) in [7, 11) is 1.82. The molecule has 0 radical (unpaired) electrons. The number of methoxy groups -OCH3 is 1. The van der Waals surface area contributed by atoms with E-state index in [4.69, 9.17) is 4.74 Å². The Hall–Kier alpha value is -0.650. The summed E-state index contributed by atoms with van der Waals surface area (Å²) < 4.78 is 5.47. The van der Waals surface area contributed by atoms with Crippen molar-refractivity contribution in [3.8, 4) is 0 Å². The number of likely N-dealkylation sites (tertiary alicyclic amines) is 1. The standard InChI is InChI=1S/C16H29N3O2/c1-21-14-6-4-13(5-7-14)19-10-2-3-15(19)16(20)18-11-8-17-9-12-18/h13-15,17H,2-12H2,1H3.